The molecule has 0 saturated carbocycles. The molecule has 68 valence electrons. The Labute approximate surface area is 75.8 Å². The van der Waals surface area contributed by atoms with Gasteiger partial charge < -0.3 is 10.4 Å². The van der Waals surface area contributed by atoms with Crippen LogP contribution in [0.15, 0.2) is 0 Å². The standard InChI is InChI=1S/C7H13N3OS/c1-2-6-7(12-10-9-6)5-8-3-4-11/h8,11H,2-5H2,1H3. The Morgan fingerprint density at radius 2 is 2.42 bits per heavy atom. The average Bonchev–Trinajstić information content (AvgIpc) is 2.52. The van der Waals surface area contributed by atoms with Crippen LogP contribution in [0.1, 0.15) is 17.5 Å². The fourth-order valence-electron chi connectivity index (χ4n) is 0.911. The van der Waals surface area contributed by atoms with Gasteiger partial charge in [0, 0.05) is 13.1 Å². The number of hydrogen-bond acceptors (Lipinski definition) is 5. The lowest BCUT2D eigenvalue weighted by Gasteiger charge is -1.99. The molecule has 0 aliphatic rings. The second-order valence-corrected chi connectivity index (χ2v) is 3.24. The molecule has 0 aliphatic heterocycles. The first-order valence-electron chi connectivity index (χ1n) is 4.00. The van der Waals surface area contributed by atoms with Crippen molar-refractivity contribution in [2.24, 2.45) is 0 Å². The predicted octanol–water partition coefficient (Wildman–Crippen LogP) is 0.182. The van der Waals surface area contributed by atoms with E-state index in [9.17, 15) is 0 Å². The maximum atomic E-state index is 8.53. The van der Waals surface area contributed by atoms with Crippen molar-refractivity contribution in [3.8, 4) is 0 Å². The molecule has 2 N–H and O–H groups in total. The monoisotopic (exact) mass is 187 g/mol. The van der Waals surface area contributed by atoms with Crippen molar-refractivity contribution in [3.05, 3.63) is 10.6 Å². The van der Waals surface area contributed by atoms with Gasteiger partial charge in [0.2, 0.25) is 0 Å². The van der Waals surface area contributed by atoms with Gasteiger partial charge in [-0.2, -0.15) is 0 Å². The molecular formula is C7H13N3OS. The molecule has 0 aliphatic carbocycles. The molecule has 0 atom stereocenters. The Balaban J connectivity index is 2.39. The van der Waals surface area contributed by atoms with E-state index in [0.29, 0.717) is 6.54 Å². The topological polar surface area (TPSA) is 58.0 Å². The van der Waals surface area contributed by atoms with Gasteiger partial charge in [-0.1, -0.05) is 11.4 Å². The lowest BCUT2D eigenvalue weighted by molar-refractivity contribution is 0.292. The normalized spacial score (nSPS) is 10.5. The van der Waals surface area contributed by atoms with Gasteiger partial charge in [0.15, 0.2) is 0 Å². The van der Waals surface area contributed by atoms with Crippen molar-refractivity contribution >= 4 is 11.5 Å². The Morgan fingerprint density at radius 3 is 3.08 bits per heavy atom. The molecule has 4 nitrogen and oxygen atoms in total. The van der Waals surface area contributed by atoms with Crippen LogP contribution in [0.2, 0.25) is 0 Å². The molecule has 0 aromatic carbocycles. The van der Waals surface area contributed by atoms with E-state index >= 15 is 0 Å². The molecule has 12 heavy (non-hydrogen) atoms. The number of hydrogen-bond donors (Lipinski definition) is 2. The first kappa shape index (κ1) is 9.57. The third kappa shape index (κ3) is 2.51. The summed E-state index contributed by atoms with van der Waals surface area (Å²) in [5.74, 6) is 0. The molecule has 1 heterocycles. The molecule has 5 heteroatoms. The fraction of sp³-hybridized carbons (Fsp3) is 0.714. The van der Waals surface area contributed by atoms with Crippen molar-refractivity contribution in [1.82, 2.24) is 14.9 Å². The molecule has 0 saturated heterocycles. The maximum Gasteiger partial charge on any atom is 0.0797 e. The summed E-state index contributed by atoms with van der Waals surface area (Å²) in [6.45, 7) is 3.63. The lowest BCUT2D eigenvalue weighted by atomic mass is 10.3. The molecule has 0 fully saturated rings. The third-order valence-corrected chi connectivity index (χ3v) is 2.31. The molecule has 1 aromatic heterocycles. The first-order valence-corrected chi connectivity index (χ1v) is 4.77. The van der Waals surface area contributed by atoms with E-state index in [-0.39, 0.29) is 6.61 Å². The van der Waals surface area contributed by atoms with Gasteiger partial charge in [0.05, 0.1) is 17.2 Å². The van der Waals surface area contributed by atoms with E-state index in [1.807, 2.05) is 0 Å². The summed E-state index contributed by atoms with van der Waals surface area (Å²) in [5.41, 5.74) is 1.06. The summed E-state index contributed by atoms with van der Waals surface area (Å²) in [7, 11) is 0. The van der Waals surface area contributed by atoms with Crippen LogP contribution in [-0.4, -0.2) is 27.8 Å². The predicted molar refractivity (Wildman–Crippen MR) is 48.1 cm³/mol. The highest BCUT2D eigenvalue weighted by atomic mass is 32.1. The van der Waals surface area contributed by atoms with E-state index in [0.717, 1.165) is 18.7 Å². The van der Waals surface area contributed by atoms with E-state index in [1.165, 1.54) is 16.4 Å². The third-order valence-electron chi connectivity index (χ3n) is 1.54. The van der Waals surface area contributed by atoms with E-state index in [1.54, 1.807) is 0 Å². The molecule has 1 aromatic rings. The summed E-state index contributed by atoms with van der Waals surface area (Å²) >= 11 is 1.42. The number of rotatable bonds is 5. The van der Waals surface area contributed by atoms with Gasteiger partial charge >= 0.3 is 0 Å². The minimum atomic E-state index is 0.174. The van der Waals surface area contributed by atoms with Gasteiger partial charge in [-0.15, -0.1) is 5.10 Å². The number of nitrogens with one attached hydrogen (secondary N) is 1. The molecule has 0 spiro atoms. The Kier molecular flexibility index (Phi) is 4.13. The van der Waals surface area contributed by atoms with Crippen molar-refractivity contribution in [2.75, 3.05) is 13.2 Å². The quantitative estimate of drug-likeness (QED) is 0.646. The Bertz CT molecular complexity index is 226. The smallest absolute Gasteiger partial charge is 0.0797 e. The highest BCUT2D eigenvalue weighted by molar-refractivity contribution is 7.05. The highest BCUT2D eigenvalue weighted by Crippen LogP contribution is 2.09. The zero-order valence-electron chi connectivity index (χ0n) is 7.08. The summed E-state index contributed by atoms with van der Waals surface area (Å²) < 4.78 is 3.86. The van der Waals surface area contributed by atoms with Crippen molar-refractivity contribution < 1.29 is 5.11 Å². The van der Waals surface area contributed by atoms with Crippen molar-refractivity contribution in [1.29, 1.82) is 0 Å². The number of aliphatic hydroxyl groups is 1. The largest absolute Gasteiger partial charge is 0.395 e. The van der Waals surface area contributed by atoms with Crippen LogP contribution >= 0.6 is 11.5 Å². The van der Waals surface area contributed by atoms with Crippen molar-refractivity contribution in [3.63, 3.8) is 0 Å². The maximum absolute atomic E-state index is 8.53. The summed E-state index contributed by atoms with van der Waals surface area (Å²) in [4.78, 5) is 1.17. The van der Waals surface area contributed by atoms with Crippen LogP contribution in [0.4, 0.5) is 0 Å². The van der Waals surface area contributed by atoms with Gasteiger partial charge in [-0.3, -0.25) is 0 Å². The van der Waals surface area contributed by atoms with E-state index in [2.05, 4.69) is 21.8 Å². The summed E-state index contributed by atoms with van der Waals surface area (Å²) in [5, 5.41) is 15.6. The van der Waals surface area contributed by atoms with Crippen molar-refractivity contribution in [2.45, 2.75) is 19.9 Å². The number of aliphatic hydroxyl groups excluding tert-OH is 1. The summed E-state index contributed by atoms with van der Waals surface area (Å²) in [6.07, 6.45) is 0.923. The summed E-state index contributed by atoms with van der Waals surface area (Å²) in [6, 6.07) is 0. The Hall–Kier alpha value is -0.520. The van der Waals surface area contributed by atoms with Crippen LogP contribution in [0.3, 0.4) is 0 Å². The molecule has 1 rings (SSSR count). The minimum Gasteiger partial charge on any atom is -0.395 e. The molecule has 0 bridgehead atoms. The molecule has 0 amide bonds. The van der Waals surface area contributed by atoms with E-state index in [4.69, 9.17) is 5.11 Å². The molecule has 0 unspecified atom stereocenters. The number of aromatic nitrogens is 2. The van der Waals surface area contributed by atoms with Gasteiger partial charge in [-0.25, -0.2) is 0 Å². The first-order chi connectivity index (χ1) is 5.88. The van der Waals surface area contributed by atoms with Crippen LogP contribution in [0.25, 0.3) is 0 Å². The van der Waals surface area contributed by atoms with Gasteiger partial charge in [0.1, 0.15) is 0 Å². The second kappa shape index (κ2) is 5.18. The van der Waals surface area contributed by atoms with Gasteiger partial charge in [0.25, 0.3) is 0 Å². The van der Waals surface area contributed by atoms with Crippen LogP contribution in [0, 0.1) is 0 Å². The number of nitrogens with zero attached hydrogens (tertiary/aromatic N) is 2. The van der Waals surface area contributed by atoms with E-state index < -0.39 is 0 Å². The van der Waals surface area contributed by atoms with Crippen LogP contribution < -0.4 is 5.32 Å². The Morgan fingerprint density at radius 1 is 1.58 bits per heavy atom. The molecular weight excluding hydrogens is 174 g/mol. The fourth-order valence-corrected chi connectivity index (χ4v) is 1.61. The van der Waals surface area contributed by atoms with Crippen LogP contribution in [-0.2, 0) is 13.0 Å². The number of aryl methyl sites for hydroxylation is 1. The molecule has 0 radical (unpaired) electrons. The lowest BCUT2D eigenvalue weighted by Crippen LogP contribution is -2.17. The zero-order valence-corrected chi connectivity index (χ0v) is 7.89. The SMILES string of the molecule is CCc1nnsc1CNCCO. The van der Waals surface area contributed by atoms with Crippen LogP contribution in [0.5, 0.6) is 0 Å². The van der Waals surface area contributed by atoms with Gasteiger partial charge in [-0.05, 0) is 18.0 Å². The second-order valence-electron chi connectivity index (χ2n) is 2.40. The highest BCUT2D eigenvalue weighted by Gasteiger charge is 2.03. The average molecular weight is 187 g/mol. The minimum absolute atomic E-state index is 0.174. The zero-order chi connectivity index (χ0) is 8.81.